The Morgan fingerprint density at radius 1 is 1.47 bits per heavy atom. The summed E-state index contributed by atoms with van der Waals surface area (Å²) in [6.07, 6.45) is 1.01. The van der Waals surface area contributed by atoms with E-state index in [0.717, 1.165) is 6.42 Å². The molecule has 0 atom stereocenters. The van der Waals surface area contributed by atoms with Gasteiger partial charge in [0.1, 0.15) is 11.5 Å². The summed E-state index contributed by atoms with van der Waals surface area (Å²) in [5, 5.41) is 2.97. The molecule has 5 nitrogen and oxygen atoms in total. The van der Waals surface area contributed by atoms with Crippen LogP contribution in [0.15, 0.2) is 12.1 Å². The molecule has 0 saturated carbocycles. The molecule has 6 heteroatoms. The highest BCUT2D eigenvalue weighted by atomic mass is 35.5. The van der Waals surface area contributed by atoms with E-state index in [4.69, 9.17) is 22.1 Å². The van der Waals surface area contributed by atoms with Gasteiger partial charge in [-0.3, -0.25) is 4.79 Å². The third-order valence-electron chi connectivity index (χ3n) is 2.45. The Hall–Kier alpha value is -1.33. The fourth-order valence-electron chi connectivity index (χ4n) is 1.36. The maximum atomic E-state index is 11.8. The van der Waals surface area contributed by atoms with E-state index in [1.807, 2.05) is 0 Å². The van der Waals surface area contributed by atoms with Gasteiger partial charge >= 0.3 is 0 Å². The molecule has 1 aromatic rings. The summed E-state index contributed by atoms with van der Waals surface area (Å²) in [6.45, 7) is 5.87. The third-order valence-corrected chi connectivity index (χ3v) is 2.76. The minimum atomic E-state index is -0.343. The maximum Gasteiger partial charge on any atom is 0.271 e. The van der Waals surface area contributed by atoms with E-state index < -0.39 is 0 Å². The molecule has 0 saturated heterocycles. The number of rotatable bonds is 7. The van der Waals surface area contributed by atoms with Crippen LogP contribution in [0.1, 0.15) is 30.8 Å². The topological polar surface area (TPSA) is 77.2 Å². The highest BCUT2D eigenvalue weighted by molar-refractivity contribution is 6.33. The zero-order valence-corrected chi connectivity index (χ0v) is 12.0. The van der Waals surface area contributed by atoms with Crippen LogP contribution in [0.3, 0.4) is 0 Å². The lowest BCUT2D eigenvalue weighted by molar-refractivity contribution is 0.0901. The monoisotopic (exact) mass is 285 g/mol. The van der Waals surface area contributed by atoms with Gasteiger partial charge in [0, 0.05) is 13.2 Å². The van der Waals surface area contributed by atoms with Gasteiger partial charge < -0.3 is 15.8 Å². The number of nitrogens with two attached hydrogens (primary N) is 1. The van der Waals surface area contributed by atoms with Crippen LogP contribution in [0.5, 0.6) is 0 Å². The molecule has 19 heavy (non-hydrogen) atoms. The Kier molecular flexibility index (Phi) is 6.59. The van der Waals surface area contributed by atoms with Gasteiger partial charge in [-0.25, -0.2) is 4.98 Å². The first-order valence-corrected chi connectivity index (χ1v) is 6.66. The zero-order chi connectivity index (χ0) is 14.3. The number of ether oxygens (including phenoxy) is 1. The van der Waals surface area contributed by atoms with E-state index >= 15 is 0 Å². The van der Waals surface area contributed by atoms with E-state index in [1.54, 1.807) is 12.1 Å². The van der Waals surface area contributed by atoms with Gasteiger partial charge in [-0.05, 0) is 24.5 Å². The molecule has 0 aliphatic carbocycles. The molecule has 0 aliphatic rings. The number of hydrogen-bond donors (Lipinski definition) is 2. The summed E-state index contributed by atoms with van der Waals surface area (Å²) < 4.78 is 5.39. The van der Waals surface area contributed by atoms with E-state index in [0.29, 0.717) is 25.7 Å². The molecular formula is C13H20ClN3O2. The standard InChI is InChI=1S/C13H20ClN3O2/c1-9(2)5-7-19-8-6-16-13(18)12-10(14)3-4-11(15)17-12/h3-4,9H,5-8H2,1-2H3,(H2,15,17)(H,16,18). The van der Waals surface area contributed by atoms with Crippen LogP contribution in [0, 0.1) is 5.92 Å². The number of nitrogen functional groups attached to an aromatic ring is 1. The average molecular weight is 286 g/mol. The van der Waals surface area contributed by atoms with Gasteiger partial charge in [0.25, 0.3) is 5.91 Å². The Morgan fingerprint density at radius 2 is 2.21 bits per heavy atom. The number of hydrogen-bond acceptors (Lipinski definition) is 4. The number of anilines is 1. The summed E-state index contributed by atoms with van der Waals surface area (Å²) in [4.78, 5) is 15.7. The smallest absolute Gasteiger partial charge is 0.271 e. The van der Waals surface area contributed by atoms with Crippen molar-refractivity contribution in [1.82, 2.24) is 10.3 Å². The van der Waals surface area contributed by atoms with Crippen molar-refractivity contribution in [2.45, 2.75) is 20.3 Å². The molecule has 106 valence electrons. The third kappa shape index (κ3) is 5.89. The van der Waals surface area contributed by atoms with Crippen molar-refractivity contribution in [3.63, 3.8) is 0 Å². The Labute approximate surface area is 118 Å². The van der Waals surface area contributed by atoms with E-state index in [1.165, 1.54) is 0 Å². The van der Waals surface area contributed by atoms with E-state index in [2.05, 4.69) is 24.1 Å². The fourth-order valence-corrected chi connectivity index (χ4v) is 1.55. The van der Waals surface area contributed by atoms with Gasteiger partial charge in [-0.15, -0.1) is 0 Å². The first-order chi connectivity index (χ1) is 9.00. The van der Waals surface area contributed by atoms with Gasteiger partial charge in [-0.2, -0.15) is 0 Å². The zero-order valence-electron chi connectivity index (χ0n) is 11.3. The maximum absolute atomic E-state index is 11.8. The SMILES string of the molecule is CC(C)CCOCCNC(=O)c1nc(N)ccc1Cl. The predicted molar refractivity (Wildman–Crippen MR) is 76.3 cm³/mol. The average Bonchev–Trinajstić information content (AvgIpc) is 2.36. The van der Waals surface area contributed by atoms with Crippen molar-refractivity contribution < 1.29 is 9.53 Å². The number of carbonyl (C=O) groups excluding carboxylic acids is 1. The predicted octanol–water partition coefficient (Wildman–Crippen LogP) is 2.11. The summed E-state index contributed by atoms with van der Waals surface area (Å²) >= 11 is 5.88. The second kappa shape index (κ2) is 7.96. The molecule has 0 spiro atoms. The largest absolute Gasteiger partial charge is 0.384 e. The van der Waals surface area contributed by atoms with Crippen LogP contribution in [0.4, 0.5) is 5.82 Å². The van der Waals surface area contributed by atoms with Gasteiger partial charge in [-0.1, -0.05) is 25.4 Å². The molecule has 0 bridgehead atoms. The van der Waals surface area contributed by atoms with E-state index in [9.17, 15) is 4.79 Å². The minimum absolute atomic E-state index is 0.142. The minimum Gasteiger partial charge on any atom is -0.384 e. The Bertz CT molecular complexity index is 424. The lowest BCUT2D eigenvalue weighted by Crippen LogP contribution is -2.28. The number of halogens is 1. The lowest BCUT2D eigenvalue weighted by atomic mass is 10.1. The second-order valence-corrected chi connectivity index (χ2v) is 5.02. The van der Waals surface area contributed by atoms with Crippen molar-refractivity contribution in [1.29, 1.82) is 0 Å². The van der Waals surface area contributed by atoms with Crippen LogP contribution in [0.2, 0.25) is 5.02 Å². The van der Waals surface area contributed by atoms with Gasteiger partial charge in [0.2, 0.25) is 0 Å². The number of nitrogens with zero attached hydrogens (tertiary/aromatic N) is 1. The number of carbonyl (C=O) groups is 1. The van der Waals surface area contributed by atoms with Crippen molar-refractivity contribution in [2.75, 3.05) is 25.5 Å². The molecule has 0 aliphatic heterocycles. The molecule has 3 N–H and O–H groups in total. The van der Waals surface area contributed by atoms with E-state index in [-0.39, 0.29) is 22.4 Å². The van der Waals surface area contributed by atoms with Gasteiger partial charge in [0.05, 0.1) is 11.6 Å². The summed E-state index contributed by atoms with van der Waals surface area (Å²) in [5.41, 5.74) is 5.66. The highest BCUT2D eigenvalue weighted by Crippen LogP contribution is 2.14. The Morgan fingerprint density at radius 3 is 2.89 bits per heavy atom. The van der Waals surface area contributed by atoms with Crippen LogP contribution < -0.4 is 11.1 Å². The second-order valence-electron chi connectivity index (χ2n) is 4.62. The highest BCUT2D eigenvalue weighted by Gasteiger charge is 2.11. The van der Waals surface area contributed by atoms with Crippen molar-refractivity contribution >= 4 is 23.3 Å². The molecule has 1 aromatic heterocycles. The van der Waals surface area contributed by atoms with Crippen LogP contribution >= 0.6 is 11.6 Å². The van der Waals surface area contributed by atoms with Crippen molar-refractivity contribution in [3.8, 4) is 0 Å². The molecule has 0 fully saturated rings. The molecule has 1 heterocycles. The molecule has 1 rings (SSSR count). The first-order valence-electron chi connectivity index (χ1n) is 6.28. The van der Waals surface area contributed by atoms with Crippen LogP contribution in [0.25, 0.3) is 0 Å². The molecule has 0 unspecified atom stereocenters. The van der Waals surface area contributed by atoms with Crippen molar-refractivity contribution in [3.05, 3.63) is 22.8 Å². The number of pyridine rings is 1. The lowest BCUT2D eigenvalue weighted by Gasteiger charge is -2.08. The molecular weight excluding hydrogens is 266 g/mol. The quantitative estimate of drug-likeness (QED) is 0.752. The number of amides is 1. The van der Waals surface area contributed by atoms with Crippen LogP contribution in [-0.2, 0) is 4.74 Å². The summed E-state index contributed by atoms with van der Waals surface area (Å²) in [5.74, 6) is 0.539. The normalized spacial score (nSPS) is 10.7. The van der Waals surface area contributed by atoms with Gasteiger partial charge in [0.15, 0.2) is 0 Å². The molecule has 1 amide bonds. The molecule has 0 radical (unpaired) electrons. The summed E-state index contributed by atoms with van der Waals surface area (Å²) in [6, 6.07) is 3.10. The fraction of sp³-hybridized carbons (Fsp3) is 0.538. The van der Waals surface area contributed by atoms with Crippen LogP contribution in [-0.4, -0.2) is 30.6 Å². The molecule has 0 aromatic carbocycles. The van der Waals surface area contributed by atoms with Crippen molar-refractivity contribution in [2.24, 2.45) is 5.92 Å². The summed E-state index contributed by atoms with van der Waals surface area (Å²) in [7, 11) is 0. The first kappa shape index (κ1) is 15.7. The Balaban J connectivity index is 2.29. The number of aromatic nitrogens is 1. The number of nitrogens with one attached hydrogen (secondary N) is 1.